The van der Waals surface area contributed by atoms with E-state index in [1.54, 1.807) is 0 Å². The lowest BCUT2D eigenvalue weighted by atomic mass is 10.1. The molecule has 0 aromatic heterocycles. The van der Waals surface area contributed by atoms with E-state index < -0.39 is 0 Å². The topological polar surface area (TPSA) is 0 Å². The van der Waals surface area contributed by atoms with Crippen molar-refractivity contribution < 1.29 is 0 Å². The molecule has 0 radical (unpaired) electrons. The molecule has 0 fully saturated rings. The Morgan fingerprint density at radius 2 is 0.944 bits per heavy atom. The van der Waals surface area contributed by atoms with Crippen LogP contribution in [0.25, 0.3) is 0 Å². The molecule has 0 atom stereocenters. The fraction of sp³-hybridized carbons (Fsp3) is 0.778. The van der Waals surface area contributed by atoms with E-state index >= 15 is 0 Å². The second kappa shape index (κ2) is 21.7. The Labute approximate surface area is 117 Å². The summed E-state index contributed by atoms with van der Waals surface area (Å²) in [6.45, 7) is 8.66. The maximum absolute atomic E-state index is 2.25. The highest BCUT2D eigenvalue weighted by molar-refractivity contribution is 4.76. The third-order valence-corrected chi connectivity index (χ3v) is 2.92. The molecule has 0 heterocycles. The fourth-order valence-corrected chi connectivity index (χ4v) is 1.71. The first-order valence-electron chi connectivity index (χ1n) is 8.05. The Balaban J connectivity index is 0. The van der Waals surface area contributed by atoms with E-state index in [1.165, 1.54) is 64.2 Å². The minimum atomic E-state index is 1.27. The number of hydrogen-bond donors (Lipinski definition) is 0. The van der Waals surface area contributed by atoms with E-state index in [1.807, 2.05) is 0 Å². The first-order chi connectivity index (χ1) is 8.83. The van der Waals surface area contributed by atoms with E-state index in [0.29, 0.717) is 0 Å². The lowest BCUT2D eigenvalue weighted by Gasteiger charge is -1.92. The maximum Gasteiger partial charge on any atom is -0.0351 e. The van der Waals surface area contributed by atoms with Crippen molar-refractivity contribution in [2.75, 3.05) is 0 Å². The summed E-state index contributed by atoms with van der Waals surface area (Å²) in [7, 11) is 0. The molecule has 0 saturated carbocycles. The van der Waals surface area contributed by atoms with Gasteiger partial charge in [-0.25, -0.2) is 0 Å². The van der Waals surface area contributed by atoms with Gasteiger partial charge in [-0.05, 0) is 39.5 Å². The molecule has 0 aliphatic carbocycles. The Morgan fingerprint density at radius 1 is 0.556 bits per heavy atom. The summed E-state index contributed by atoms with van der Waals surface area (Å²) >= 11 is 0. The fourth-order valence-electron chi connectivity index (χ4n) is 1.71. The molecule has 0 unspecified atom stereocenters. The van der Waals surface area contributed by atoms with Crippen LogP contribution in [0.3, 0.4) is 0 Å². The summed E-state index contributed by atoms with van der Waals surface area (Å²) < 4.78 is 0. The predicted molar refractivity (Wildman–Crippen MR) is 87.1 cm³/mol. The van der Waals surface area contributed by atoms with Crippen LogP contribution in [0, 0.1) is 0 Å². The van der Waals surface area contributed by atoms with Crippen molar-refractivity contribution in [1.82, 2.24) is 0 Å². The van der Waals surface area contributed by atoms with Crippen molar-refractivity contribution in [3.05, 3.63) is 24.3 Å². The Hall–Kier alpha value is -0.520. The molecule has 18 heavy (non-hydrogen) atoms. The summed E-state index contributed by atoms with van der Waals surface area (Å²) in [4.78, 5) is 0. The van der Waals surface area contributed by atoms with E-state index in [4.69, 9.17) is 0 Å². The Kier molecular flexibility index (Phi) is 23.9. The molecule has 0 nitrogen and oxygen atoms in total. The van der Waals surface area contributed by atoms with Crippen LogP contribution in [-0.4, -0.2) is 0 Å². The number of unbranched alkanes of at least 4 members (excludes halogenated alkanes) is 8. The molecule has 0 aliphatic heterocycles. The molecule has 0 saturated heterocycles. The van der Waals surface area contributed by atoms with Crippen LogP contribution in [0.5, 0.6) is 0 Å². The molecular weight excluding hydrogens is 216 g/mol. The summed E-state index contributed by atoms with van der Waals surface area (Å²) in [6, 6.07) is 0. The van der Waals surface area contributed by atoms with Crippen LogP contribution in [0.15, 0.2) is 24.3 Å². The zero-order valence-corrected chi connectivity index (χ0v) is 13.4. The molecule has 0 spiro atoms. The Morgan fingerprint density at radius 3 is 1.22 bits per heavy atom. The van der Waals surface area contributed by atoms with Gasteiger partial charge in [-0.15, -0.1) is 0 Å². The monoisotopic (exact) mass is 252 g/mol. The molecular formula is C18H36. The molecule has 0 aromatic rings. The second-order valence-corrected chi connectivity index (χ2v) is 4.84. The number of hydrogen-bond acceptors (Lipinski definition) is 0. The number of rotatable bonds is 10. The normalized spacial score (nSPS) is 10.9. The lowest BCUT2D eigenvalue weighted by Crippen LogP contribution is -1.72. The van der Waals surface area contributed by atoms with Crippen molar-refractivity contribution in [1.29, 1.82) is 0 Å². The molecule has 0 N–H and O–H groups in total. The lowest BCUT2D eigenvalue weighted by molar-refractivity contribution is 0.674. The summed E-state index contributed by atoms with van der Waals surface area (Å²) in [5, 5.41) is 0. The van der Waals surface area contributed by atoms with Crippen molar-refractivity contribution >= 4 is 0 Å². The molecule has 0 rings (SSSR count). The summed E-state index contributed by atoms with van der Waals surface area (Å²) in [6.07, 6.45) is 22.3. The van der Waals surface area contributed by atoms with Crippen molar-refractivity contribution in [3.63, 3.8) is 0 Å². The van der Waals surface area contributed by atoms with Crippen molar-refractivity contribution in [2.24, 2.45) is 0 Å². The number of allylic oxidation sites excluding steroid dienone is 4. The van der Waals surface area contributed by atoms with Crippen LogP contribution in [-0.2, 0) is 0 Å². The van der Waals surface area contributed by atoms with Crippen LogP contribution in [0.1, 0.15) is 91.9 Å². The average Bonchev–Trinajstić information content (AvgIpc) is 2.39. The summed E-state index contributed by atoms with van der Waals surface area (Å²) in [5.41, 5.74) is 0. The van der Waals surface area contributed by atoms with Crippen LogP contribution >= 0.6 is 0 Å². The first-order valence-corrected chi connectivity index (χ1v) is 8.05. The van der Waals surface area contributed by atoms with Crippen LogP contribution in [0.4, 0.5) is 0 Å². The molecule has 108 valence electrons. The van der Waals surface area contributed by atoms with Gasteiger partial charge in [-0.2, -0.15) is 0 Å². The van der Waals surface area contributed by atoms with Gasteiger partial charge in [0.25, 0.3) is 0 Å². The highest BCUT2D eigenvalue weighted by Crippen LogP contribution is 2.02. The van der Waals surface area contributed by atoms with Gasteiger partial charge in [0, 0.05) is 0 Å². The Bertz CT molecular complexity index is 145. The minimum absolute atomic E-state index is 1.27. The standard InChI is InChI=1S/2C9H18/c2*1-3-5-7-9-8-6-4-2/h2*3,5H,4,6-9H2,1-2H3. The summed E-state index contributed by atoms with van der Waals surface area (Å²) in [5.74, 6) is 0. The predicted octanol–water partition coefficient (Wildman–Crippen LogP) is 7.07. The van der Waals surface area contributed by atoms with E-state index in [2.05, 4.69) is 52.0 Å². The zero-order chi connectivity index (χ0) is 13.9. The van der Waals surface area contributed by atoms with Gasteiger partial charge >= 0.3 is 0 Å². The van der Waals surface area contributed by atoms with Gasteiger partial charge in [-0.1, -0.05) is 76.7 Å². The van der Waals surface area contributed by atoms with Gasteiger partial charge < -0.3 is 0 Å². The third kappa shape index (κ3) is 24.6. The molecule has 0 amide bonds. The van der Waals surface area contributed by atoms with Gasteiger partial charge in [0.15, 0.2) is 0 Å². The van der Waals surface area contributed by atoms with E-state index in [-0.39, 0.29) is 0 Å². The SMILES string of the molecule is CC=CCCCCCC.CC=CCCCCCC. The van der Waals surface area contributed by atoms with Gasteiger partial charge in [-0.3, -0.25) is 0 Å². The molecule has 0 aromatic carbocycles. The van der Waals surface area contributed by atoms with E-state index in [0.717, 1.165) is 0 Å². The average molecular weight is 252 g/mol. The largest absolute Gasteiger partial charge is 0.0917 e. The minimum Gasteiger partial charge on any atom is -0.0917 e. The highest BCUT2D eigenvalue weighted by atomic mass is 13.9. The quantitative estimate of drug-likeness (QED) is 0.288. The van der Waals surface area contributed by atoms with Crippen LogP contribution in [0.2, 0.25) is 0 Å². The van der Waals surface area contributed by atoms with Gasteiger partial charge in [0.05, 0.1) is 0 Å². The highest BCUT2D eigenvalue weighted by Gasteiger charge is 1.83. The third-order valence-electron chi connectivity index (χ3n) is 2.92. The van der Waals surface area contributed by atoms with E-state index in [9.17, 15) is 0 Å². The molecule has 0 bridgehead atoms. The first kappa shape index (κ1) is 19.8. The zero-order valence-electron chi connectivity index (χ0n) is 13.4. The molecule has 0 aliphatic rings. The van der Waals surface area contributed by atoms with Crippen LogP contribution < -0.4 is 0 Å². The smallest absolute Gasteiger partial charge is 0.0351 e. The van der Waals surface area contributed by atoms with Gasteiger partial charge in [0.2, 0.25) is 0 Å². The maximum atomic E-state index is 2.25. The second-order valence-electron chi connectivity index (χ2n) is 4.84. The van der Waals surface area contributed by atoms with Crippen molar-refractivity contribution in [2.45, 2.75) is 91.9 Å². The molecule has 0 heteroatoms. The van der Waals surface area contributed by atoms with Crippen molar-refractivity contribution in [3.8, 4) is 0 Å². The van der Waals surface area contributed by atoms with Gasteiger partial charge in [0.1, 0.15) is 0 Å².